The minimum atomic E-state index is -0.814. The molecule has 0 spiro atoms. The molecule has 0 aromatic carbocycles. The van der Waals surface area contributed by atoms with Crippen molar-refractivity contribution in [1.29, 1.82) is 0 Å². The maximum absolute atomic E-state index is 2.92. The lowest BCUT2D eigenvalue weighted by Gasteiger charge is -2.41. The first-order valence-electron chi connectivity index (χ1n) is 5.39. The molecule has 0 aromatic heterocycles. The highest BCUT2D eigenvalue weighted by Crippen LogP contribution is 2.06. The third kappa shape index (κ3) is 3.95. The molecule has 0 fully saturated rings. The smallest absolute Gasteiger partial charge is 0.173 e. The highest BCUT2D eigenvalue weighted by atomic mass is 28.4. The van der Waals surface area contributed by atoms with Gasteiger partial charge in [0.25, 0.3) is 0 Å². The number of hydrogen-bond acceptors (Lipinski definition) is 3. The van der Waals surface area contributed by atoms with Crippen molar-refractivity contribution >= 4 is 27.2 Å². The van der Waals surface area contributed by atoms with Crippen LogP contribution in [0.15, 0.2) is 0 Å². The zero-order valence-electron chi connectivity index (χ0n) is 11.1. The van der Waals surface area contributed by atoms with Crippen LogP contribution in [0.4, 0.5) is 0 Å². The van der Waals surface area contributed by atoms with Crippen LogP contribution in [0, 0.1) is 0 Å². The van der Waals surface area contributed by atoms with Crippen LogP contribution < -0.4 is 0 Å². The third-order valence-electron chi connectivity index (χ3n) is 2.95. The first-order chi connectivity index (χ1) is 6.29. The second-order valence-electron chi connectivity index (χ2n) is 4.73. The number of nitrogens with zero attached hydrogens (tertiary/aromatic N) is 3. The first kappa shape index (κ1) is 14.5. The van der Waals surface area contributed by atoms with Crippen molar-refractivity contribution in [2.24, 2.45) is 0 Å². The lowest BCUT2D eigenvalue weighted by molar-refractivity contribution is 0.567. The van der Waals surface area contributed by atoms with Crippen LogP contribution >= 0.6 is 0 Å². The van der Waals surface area contributed by atoms with Gasteiger partial charge in [-0.1, -0.05) is 13.1 Å². The maximum atomic E-state index is 2.92. The molecule has 0 heterocycles. The summed E-state index contributed by atoms with van der Waals surface area (Å²) in [6.07, 6.45) is 0. The standard InChI is InChI=1S/C8H27N3Si3/c1-9(2)13(7)11(12(5)6)14(8)10(3)4/h12-14H,1-8H3. The number of rotatable bonds is 5. The Balaban J connectivity index is 4.59. The minimum absolute atomic E-state index is 0.640. The summed E-state index contributed by atoms with van der Waals surface area (Å²) in [5.74, 6) is 0. The van der Waals surface area contributed by atoms with Crippen molar-refractivity contribution in [2.75, 3.05) is 28.2 Å². The monoisotopic (exact) mass is 249 g/mol. The summed E-state index contributed by atoms with van der Waals surface area (Å²) in [6, 6.07) is 0. The molecule has 0 bridgehead atoms. The van der Waals surface area contributed by atoms with Gasteiger partial charge < -0.3 is 13.0 Å². The van der Waals surface area contributed by atoms with Crippen molar-refractivity contribution in [2.45, 2.75) is 26.2 Å². The van der Waals surface area contributed by atoms with Crippen molar-refractivity contribution in [3.63, 3.8) is 0 Å². The Labute approximate surface area is 94.9 Å². The third-order valence-corrected chi connectivity index (χ3v) is 17.6. The molecule has 14 heavy (non-hydrogen) atoms. The molecule has 0 aliphatic carbocycles. The van der Waals surface area contributed by atoms with Crippen molar-refractivity contribution in [1.82, 2.24) is 13.0 Å². The first-order valence-corrected chi connectivity index (χ1v) is 12.6. The van der Waals surface area contributed by atoms with E-state index in [4.69, 9.17) is 0 Å². The molecule has 0 rings (SSSR count). The second kappa shape index (κ2) is 6.19. The molecule has 0 saturated carbocycles. The van der Waals surface area contributed by atoms with Crippen LogP contribution in [0.3, 0.4) is 0 Å². The molecule has 0 radical (unpaired) electrons. The molecular formula is C8H27N3Si3. The van der Waals surface area contributed by atoms with Crippen LogP contribution in [0.5, 0.6) is 0 Å². The largest absolute Gasteiger partial charge is 0.351 e. The number of hydrogen-bond donors (Lipinski definition) is 0. The Morgan fingerprint density at radius 3 is 1.07 bits per heavy atom. The van der Waals surface area contributed by atoms with E-state index < -0.39 is 27.2 Å². The van der Waals surface area contributed by atoms with Gasteiger partial charge in [0.05, 0.1) is 8.96 Å². The SMILES string of the molecule is CN(C)[SiH](C)N([SiH](C)C)[SiH](C)N(C)C. The Hall–Kier alpha value is 0.531. The van der Waals surface area contributed by atoms with Crippen LogP contribution in [-0.2, 0) is 0 Å². The van der Waals surface area contributed by atoms with E-state index in [-0.39, 0.29) is 0 Å². The van der Waals surface area contributed by atoms with E-state index in [1.807, 2.05) is 0 Å². The molecule has 2 unspecified atom stereocenters. The lowest BCUT2D eigenvalue weighted by Crippen LogP contribution is -2.62. The van der Waals surface area contributed by atoms with E-state index in [1.165, 1.54) is 0 Å². The van der Waals surface area contributed by atoms with E-state index in [1.54, 1.807) is 0 Å². The van der Waals surface area contributed by atoms with Gasteiger partial charge in [-0.05, 0) is 41.3 Å². The van der Waals surface area contributed by atoms with Gasteiger partial charge in [-0.25, -0.2) is 0 Å². The summed E-state index contributed by atoms with van der Waals surface area (Å²) in [7, 11) is 6.67. The molecule has 2 atom stereocenters. The van der Waals surface area contributed by atoms with Gasteiger partial charge in [-0.15, -0.1) is 0 Å². The maximum Gasteiger partial charge on any atom is 0.173 e. The predicted octanol–water partition coefficient (Wildman–Crippen LogP) is 0.0956. The Morgan fingerprint density at radius 2 is 0.929 bits per heavy atom. The van der Waals surface area contributed by atoms with E-state index in [2.05, 4.69) is 67.4 Å². The van der Waals surface area contributed by atoms with E-state index >= 15 is 0 Å². The van der Waals surface area contributed by atoms with Crippen molar-refractivity contribution in [3.05, 3.63) is 0 Å². The van der Waals surface area contributed by atoms with Gasteiger partial charge in [0.15, 0.2) is 18.2 Å². The fraction of sp³-hybridized carbons (Fsp3) is 1.00. The van der Waals surface area contributed by atoms with E-state index in [0.29, 0.717) is 0 Å². The molecule has 6 heteroatoms. The summed E-state index contributed by atoms with van der Waals surface area (Å²) in [5, 5.41) is 0. The van der Waals surface area contributed by atoms with E-state index in [0.717, 1.165) is 0 Å². The summed E-state index contributed by atoms with van der Waals surface area (Å²) >= 11 is 0. The summed E-state index contributed by atoms with van der Waals surface area (Å²) in [5.41, 5.74) is 0. The van der Waals surface area contributed by atoms with Crippen molar-refractivity contribution in [3.8, 4) is 0 Å². The Bertz CT molecular complexity index is 150. The molecule has 0 aliphatic rings. The molecule has 86 valence electrons. The van der Waals surface area contributed by atoms with Gasteiger partial charge in [0, 0.05) is 0 Å². The summed E-state index contributed by atoms with van der Waals surface area (Å²) < 4.78 is 7.83. The molecule has 3 nitrogen and oxygen atoms in total. The fourth-order valence-corrected chi connectivity index (χ4v) is 15.4. The fourth-order valence-electron chi connectivity index (χ4n) is 1.71. The topological polar surface area (TPSA) is 9.72 Å². The molecule has 0 aliphatic heterocycles. The van der Waals surface area contributed by atoms with Gasteiger partial charge in [0.2, 0.25) is 0 Å². The summed E-state index contributed by atoms with van der Waals surface area (Å²) in [4.78, 5) is 0. The van der Waals surface area contributed by atoms with Crippen LogP contribution in [0.1, 0.15) is 0 Å². The Morgan fingerprint density at radius 1 is 0.643 bits per heavy atom. The van der Waals surface area contributed by atoms with Gasteiger partial charge in [-0.3, -0.25) is 0 Å². The van der Waals surface area contributed by atoms with Gasteiger partial charge >= 0.3 is 0 Å². The highest BCUT2D eigenvalue weighted by Gasteiger charge is 2.27. The summed E-state index contributed by atoms with van der Waals surface area (Å²) in [6.45, 7) is 9.83. The van der Waals surface area contributed by atoms with E-state index in [9.17, 15) is 0 Å². The zero-order valence-corrected chi connectivity index (χ0v) is 14.5. The quantitative estimate of drug-likeness (QED) is 0.640. The Kier molecular flexibility index (Phi) is 6.42. The van der Waals surface area contributed by atoms with Gasteiger partial charge in [-0.2, -0.15) is 0 Å². The zero-order chi connectivity index (χ0) is 11.5. The van der Waals surface area contributed by atoms with Crippen molar-refractivity contribution < 1.29 is 0 Å². The second-order valence-corrected chi connectivity index (χ2v) is 15.1. The molecule has 0 aromatic rings. The predicted molar refractivity (Wildman–Crippen MR) is 74.1 cm³/mol. The highest BCUT2D eigenvalue weighted by molar-refractivity contribution is 6.83. The van der Waals surface area contributed by atoms with Crippen LogP contribution in [0.2, 0.25) is 26.2 Å². The molecular weight excluding hydrogens is 222 g/mol. The van der Waals surface area contributed by atoms with Crippen LogP contribution in [0.25, 0.3) is 0 Å². The van der Waals surface area contributed by atoms with Crippen LogP contribution in [-0.4, -0.2) is 68.4 Å². The molecule has 0 saturated heterocycles. The lowest BCUT2D eigenvalue weighted by atomic mass is 11.3. The van der Waals surface area contributed by atoms with Gasteiger partial charge in [0.1, 0.15) is 0 Å². The normalized spacial score (nSPS) is 17.1. The average Bonchev–Trinajstić information content (AvgIpc) is 2.03. The molecule has 0 amide bonds. The minimum Gasteiger partial charge on any atom is -0.351 e. The molecule has 0 N–H and O–H groups in total. The average molecular weight is 250 g/mol.